The first-order chi connectivity index (χ1) is 11.9. The molecule has 0 saturated carbocycles. The fourth-order valence-electron chi connectivity index (χ4n) is 2.36. The van der Waals surface area contributed by atoms with Gasteiger partial charge in [0.1, 0.15) is 0 Å². The summed E-state index contributed by atoms with van der Waals surface area (Å²) in [5.41, 5.74) is 2.82. The van der Waals surface area contributed by atoms with Gasteiger partial charge in [0.2, 0.25) is 0 Å². The van der Waals surface area contributed by atoms with Crippen LogP contribution in [-0.4, -0.2) is 22.2 Å². The van der Waals surface area contributed by atoms with Crippen LogP contribution in [0.4, 0.5) is 0 Å². The third-order valence-corrected chi connectivity index (χ3v) is 3.72. The summed E-state index contributed by atoms with van der Waals surface area (Å²) in [4.78, 5) is 22.6. The van der Waals surface area contributed by atoms with Gasteiger partial charge in [-0.2, -0.15) is 0 Å². The Morgan fingerprint density at radius 3 is 2.00 bits per heavy atom. The number of rotatable bonds is 11. The molecule has 0 bridgehead atoms. The van der Waals surface area contributed by atoms with E-state index in [9.17, 15) is 19.8 Å². The standard InChI is InChI=1S/C20H26O5/c1-15(2)6-3-8-17(19(21)22)10-5-11-18(20(23)24)9-4-7-16-12-13-25-14-16/h6,9-10,12-14H,3-5,7-8,11H2,1-2H3,(H,21,22)(H,23,24)/b17-10+,18-9+. The molecule has 0 aliphatic rings. The van der Waals surface area contributed by atoms with E-state index in [1.54, 1.807) is 24.7 Å². The summed E-state index contributed by atoms with van der Waals surface area (Å²) in [5, 5.41) is 18.5. The van der Waals surface area contributed by atoms with Crippen molar-refractivity contribution in [3.05, 3.63) is 59.1 Å². The Hall–Kier alpha value is -2.56. The minimum Gasteiger partial charge on any atom is -0.478 e. The summed E-state index contributed by atoms with van der Waals surface area (Å²) in [6.45, 7) is 3.94. The highest BCUT2D eigenvalue weighted by atomic mass is 16.4. The SMILES string of the molecule is CC(C)=CCC/C(=C\CC/C(=C\CCc1ccoc1)C(=O)O)C(=O)O. The molecule has 0 atom stereocenters. The molecule has 5 heteroatoms. The maximum absolute atomic E-state index is 11.3. The first-order valence-corrected chi connectivity index (χ1v) is 8.39. The van der Waals surface area contributed by atoms with Crippen LogP contribution in [-0.2, 0) is 16.0 Å². The molecule has 1 rings (SSSR count). The maximum Gasteiger partial charge on any atom is 0.331 e. The summed E-state index contributed by atoms with van der Waals surface area (Å²) in [5.74, 6) is -1.90. The molecule has 0 amide bonds. The van der Waals surface area contributed by atoms with E-state index in [2.05, 4.69) is 0 Å². The number of hydrogen-bond acceptors (Lipinski definition) is 3. The van der Waals surface area contributed by atoms with Gasteiger partial charge in [-0.05, 0) is 64.0 Å². The van der Waals surface area contributed by atoms with Crippen LogP contribution in [0.2, 0.25) is 0 Å². The van der Waals surface area contributed by atoms with Gasteiger partial charge in [-0.1, -0.05) is 23.8 Å². The third kappa shape index (κ3) is 8.74. The number of carboxylic acid groups (broad SMARTS) is 2. The van der Waals surface area contributed by atoms with Gasteiger partial charge in [-0.3, -0.25) is 0 Å². The Kier molecular flexibility index (Phi) is 9.07. The Labute approximate surface area is 148 Å². The zero-order chi connectivity index (χ0) is 18.7. The summed E-state index contributed by atoms with van der Waals surface area (Å²) in [7, 11) is 0. The summed E-state index contributed by atoms with van der Waals surface area (Å²) in [6.07, 6.45) is 11.7. The molecule has 0 spiro atoms. The molecule has 1 heterocycles. The molecule has 136 valence electrons. The van der Waals surface area contributed by atoms with Crippen molar-refractivity contribution in [2.45, 2.75) is 52.4 Å². The van der Waals surface area contributed by atoms with Crippen molar-refractivity contribution in [3.8, 4) is 0 Å². The van der Waals surface area contributed by atoms with Gasteiger partial charge in [0.15, 0.2) is 0 Å². The van der Waals surface area contributed by atoms with Crippen molar-refractivity contribution in [1.29, 1.82) is 0 Å². The second-order valence-corrected chi connectivity index (χ2v) is 6.10. The number of aliphatic carboxylic acids is 2. The van der Waals surface area contributed by atoms with Crippen LogP contribution in [0.5, 0.6) is 0 Å². The molecule has 0 aliphatic carbocycles. The quantitative estimate of drug-likeness (QED) is 0.445. The molecule has 0 aromatic carbocycles. The summed E-state index contributed by atoms with van der Waals surface area (Å²) < 4.78 is 4.98. The largest absolute Gasteiger partial charge is 0.478 e. The molecule has 0 unspecified atom stereocenters. The van der Waals surface area contributed by atoms with Crippen molar-refractivity contribution in [1.82, 2.24) is 0 Å². The predicted molar refractivity (Wildman–Crippen MR) is 96.4 cm³/mol. The van der Waals surface area contributed by atoms with Gasteiger partial charge in [-0.25, -0.2) is 9.59 Å². The normalized spacial score (nSPS) is 12.1. The van der Waals surface area contributed by atoms with Gasteiger partial charge in [0.05, 0.1) is 12.5 Å². The van der Waals surface area contributed by atoms with Crippen LogP contribution < -0.4 is 0 Å². The van der Waals surface area contributed by atoms with Gasteiger partial charge in [-0.15, -0.1) is 0 Å². The number of furan rings is 1. The van der Waals surface area contributed by atoms with Crippen molar-refractivity contribution in [2.75, 3.05) is 0 Å². The smallest absolute Gasteiger partial charge is 0.331 e. The number of hydrogen-bond donors (Lipinski definition) is 2. The van der Waals surface area contributed by atoms with Crippen LogP contribution in [0.3, 0.4) is 0 Å². The van der Waals surface area contributed by atoms with Gasteiger partial charge >= 0.3 is 11.9 Å². The number of carbonyl (C=O) groups is 2. The van der Waals surface area contributed by atoms with E-state index in [4.69, 9.17) is 4.42 Å². The third-order valence-electron chi connectivity index (χ3n) is 3.72. The topological polar surface area (TPSA) is 87.7 Å². The van der Waals surface area contributed by atoms with Gasteiger partial charge < -0.3 is 14.6 Å². The summed E-state index contributed by atoms with van der Waals surface area (Å²) in [6, 6.07) is 1.85. The monoisotopic (exact) mass is 346 g/mol. The van der Waals surface area contributed by atoms with E-state index >= 15 is 0 Å². The van der Waals surface area contributed by atoms with Crippen LogP contribution in [0.25, 0.3) is 0 Å². The Morgan fingerprint density at radius 1 is 0.960 bits per heavy atom. The van der Waals surface area contributed by atoms with Crippen LogP contribution >= 0.6 is 0 Å². The van der Waals surface area contributed by atoms with Crippen molar-refractivity contribution < 1.29 is 24.2 Å². The molecule has 1 aromatic rings. The summed E-state index contributed by atoms with van der Waals surface area (Å²) >= 11 is 0. The van der Waals surface area contributed by atoms with Crippen molar-refractivity contribution >= 4 is 11.9 Å². The highest BCUT2D eigenvalue weighted by molar-refractivity contribution is 5.87. The second-order valence-electron chi connectivity index (χ2n) is 6.10. The van der Waals surface area contributed by atoms with E-state index in [1.165, 1.54) is 0 Å². The van der Waals surface area contributed by atoms with Crippen molar-refractivity contribution in [3.63, 3.8) is 0 Å². The molecule has 5 nitrogen and oxygen atoms in total. The molecular weight excluding hydrogens is 320 g/mol. The van der Waals surface area contributed by atoms with E-state index in [1.807, 2.05) is 26.0 Å². The zero-order valence-corrected chi connectivity index (χ0v) is 14.8. The van der Waals surface area contributed by atoms with E-state index in [-0.39, 0.29) is 0 Å². The predicted octanol–water partition coefficient (Wildman–Crippen LogP) is 4.76. The average molecular weight is 346 g/mol. The van der Waals surface area contributed by atoms with Gasteiger partial charge in [0, 0.05) is 11.1 Å². The molecule has 1 aromatic heterocycles. The molecule has 25 heavy (non-hydrogen) atoms. The van der Waals surface area contributed by atoms with Crippen LogP contribution in [0.15, 0.2) is 58.0 Å². The Bertz CT molecular complexity index is 644. The first kappa shape index (κ1) is 20.5. The maximum atomic E-state index is 11.3. The lowest BCUT2D eigenvalue weighted by Crippen LogP contribution is -2.03. The minimum atomic E-state index is -0.956. The first-order valence-electron chi connectivity index (χ1n) is 8.39. The number of aryl methyl sites for hydroxylation is 1. The van der Waals surface area contributed by atoms with E-state index in [0.717, 1.165) is 11.1 Å². The highest BCUT2D eigenvalue weighted by Crippen LogP contribution is 2.14. The Morgan fingerprint density at radius 2 is 1.52 bits per heavy atom. The fourth-order valence-corrected chi connectivity index (χ4v) is 2.36. The lowest BCUT2D eigenvalue weighted by molar-refractivity contribution is -0.133. The highest BCUT2D eigenvalue weighted by Gasteiger charge is 2.09. The minimum absolute atomic E-state index is 0.314. The number of carboxylic acids is 2. The zero-order valence-electron chi connectivity index (χ0n) is 14.8. The molecule has 0 saturated heterocycles. The lowest BCUT2D eigenvalue weighted by atomic mass is 10.0. The van der Waals surface area contributed by atoms with Crippen molar-refractivity contribution in [2.24, 2.45) is 0 Å². The van der Waals surface area contributed by atoms with Crippen LogP contribution in [0, 0.1) is 0 Å². The second kappa shape index (κ2) is 11.1. The molecule has 0 radical (unpaired) electrons. The average Bonchev–Trinajstić information content (AvgIpc) is 3.04. The molecule has 0 fully saturated rings. The molecule has 0 aliphatic heterocycles. The van der Waals surface area contributed by atoms with E-state index < -0.39 is 11.9 Å². The Balaban J connectivity index is 2.57. The lowest BCUT2D eigenvalue weighted by Gasteiger charge is -2.03. The fraction of sp³-hybridized carbons (Fsp3) is 0.400. The molecular formula is C20H26O5. The van der Waals surface area contributed by atoms with Gasteiger partial charge in [0.25, 0.3) is 0 Å². The number of allylic oxidation sites excluding steroid dienone is 4. The van der Waals surface area contributed by atoms with Crippen LogP contribution in [0.1, 0.15) is 51.5 Å². The van der Waals surface area contributed by atoms with E-state index in [0.29, 0.717) is 49.7 Å². The molecule has 2 N–H and O–H groups in total.